The van der Waals surface area contributed by atoms with E-state index in [1.54, 1.807) is 6.07 Å². The molecule has 2 rings (SSSR count). The van der Waals surface area contributed by atoms with Crippen LogP contribution in [0.1, 0.15) is 10.7 Å². The zero-order valence-corrected chi connectivity index (χ0v) is 10.2. The average Bonchev–Trinajstić information content (AvgIpc) is 2.75. The van der Waals surface area contributed by atoms with Crippen molar-refractivity contribution in [1.82, 2.24) is 9.97 Å². The Bertz CT molecular complexity index is 679. The fourth-order valence-corrected chi connectivity index (χ4v) is 2.25. The Balaban J connectivity index is 2.56. The first-order valence-corrected chi connectivity index (χ1v) is 5.81. The number of hydrogen-bond acceptors (Lipinski definition) is 4. The minimum Gasteiger partial charge on any atom is -0.335 e. The minimum absolute atomic E-state index is 0.150. The lowest BCUT2D eigenvalue weighted by molar-refractivity contribution is -0.144. The van der Waals surface area contributed by atoms with Crippen LogP contribution in [0.25, 0.3) is 10.6 Å². The number of thiophene rings is 1. The maximum atomic E-state index is 12.5. The molecule has 0 aliphatic carbocycles. The fraction of sp³-hybridized carbons (Fsp3) is 0.100. The number of rotatable bonds is 1. The average molecular weight is 287 g/mol. The third-order valence-electron chi connectivity index (χ3n) is 1.99. The Morgan fingerprint density at radius 1 is 1.39 bits per heavy atom. The van der Waals surface area contributed by atoms with Gasteiger partial charge in [-0.1, -0.05) is 12.2 Å². The molecule has 0 atom stereocenters. The van der Waals surface area contributed by atoms with Crippen molar-refractivity contribution in [2.45, 2.75) is 6.18 Å². The molecule has 2 aromatic rings. The predicted octanol–water partition coefficient (Wildman–Crippen LogP) is 3.76. The summed E-state index contributed by atoms with van der Waals surface area (Å²) in [6.07, 6.45) is -4.58. The molecule has 18 heavy (non-hydrogen) atoms. The molecule has 2 heterocycles. The molecule has 0 bridgehead atoms. The molecule has 0 aliphatic heterocycles. The van der Waals surface area contributed by atoms with Crippen molar-refractivity contribution in [2.24, 2.45) is 0 Å². The number of nitrogens with one attached hydrogen (secondary N) is 1. The lowest BCUT2D eigenvalue weighted by Gasteiger charge is -2.07. The van der Waals surface area contributed by atoms with Crippen LogP contribution in [-0.2, 0) is 6.18 Å². The molecule has 0 spiro atoms. The van der Waals surface area contributed by atoms with Crippen molar-refractivity contribution in [2.75, 3.05) is 0 Å². The highest BCUT2D eigenvalue weighted by Gasteiger charge is 2.34. The van der Waals surface area contributed by atoms with Gasteiger partial charge >= 0.3 is 6.18 Å². The molecular formula is C10H4F3N3S2. The maximum Gasteiger partial charge on any atom is 0.449 e. The summed E-state index contributed by atoms with van der Waals surface area (Å²) >= 11 is 5.78. The number of halogens is 3. The Morgan fingerprint density at radius 3 is 2.67 bits per heavy atom. The lowest BCUT2D eigenvalue weighted by Crippen LogP contribution is -2.11. The Morgan fingerprint density at radius 2 is 2.11 bits per heavy atom. The number of aromatic nitrogens is 2. The summed E-state index contributed by atoms with van der Waals surface area (Å²) in [7, 11) is 0. The molecule has 0 aromatic carbocycles. The molecule has 0 fully saturated rings. The number of aromatic amines is 1. The van der Waals surface area contributed by atoms with Crippen LogP contribution in [0.5, 0.6) is 0 Å². The van der Waals surface area contributed by atoms with E-state index < -0.39 is 12.0 Å². The van der Waals surface area contributed by atoms with Gasteiger partial charge in [-0.2, -0.15) is 18.4 Å². The molecule has 3 nitrogen and oxygen atoms in total. The van der Waals surface area contributed by atoms with E-state index in [1.165, 1.54) is 12.1 Å². The molecule has 0 unspecified atom stereocenters. The van der Waals surface area contributed by atoms with Crippen LogP contribution in [0.4, 0.5) is 13.2 Å². The van der Waals surface area contributed by atoms with Gasteiger partial charge in [0.2, 0.25) is 5.82 Å². The molecular weight excluding hydrogens is 283 g/mol. The van der Waals surface area contributed by atoms with Gasteiger partial charge in [0, 0.05) is 0 Å². The Hall–Kier alpha value is -1.72. The van der Waals surface area contributed by atoms with Gasteiger partial charge in [0.25, 0.3) is 0 Å². The molecule has 1 N–H and O–H groups in total. The highest BCUT2D eigenvalue weighted by molar-refractivity contribution is 7.71. The number of alkyl halides is 3. The van der Waals surface area contributed by atoms with Crippen molar-refractivity contribution in [3.8, 4) is 16.6 Å². The maximum absolute atomic E-state index is 12.5. The van der Waals surface area contributed by atoms with E-state index in [4.69, 9.17) is 17.5 Å². The van der Waals surface area contributed by atoms with Gasteiger partial charge in [0.15, 0.2) is 0 Å². The smallest absolute Gasteiger partial charge is 0.335 e. The summed E-state index contributed by atoms with van der Waals surface area (Å²) in [6.45, 7) is 0. The van der Waals surface area contributed by atoms with E-state index in [0.717, 1.165) is 11.3 Å². The van der Waals surface area contributed by atoms with Crippen molar-refractivity contribution in [1.29, 1.82) is 5.26 Å². The second-order valence-electron chi connectivity index (χ2n) is 3.26. The van der Waals surface area contributed by atoms with E-state index in [1.807, 2.05) is 6.07 Å². The van der Waals surface area contributed by atoms with Crippen molar-refractivity contribution >= 4 is 23.6 Å². The molecule has 0 aliphatic rings. The van der Waals surface area contributed by atoms with Gasteiger partial charge in [-0.15, -0.1) is 11.3 Å². The van der Waals surface area contributed by atoms with Crippen LogP contribution in [0.3, 0.4) is 0 Å². The van der Waals surface area contributed by atoms with E-state index in [9.17, 15) is 13.2 Å². The lowest BCUT2D eigenvalue weighted by atomic mass is 10.3. The van der Waals surface area contributed by atoms with Gasteiger partial charge in [0.05, 0.1) is 10.6 Å². The monoisotopic (exact) mass is 287 g/mol. The van der Waals surface area contributed by atoms with Gasteiger partial charge < -0.3 is 4.98 Å². The van der Waals surface area contributed by atoms with Gasteiger partial charge in [-0.05, 0) is 18.2 Å². The van der Waals surface area contributed by atoms with Crippen LogP contribution in [0.2, 0.25) is 0 Å². The second-order valence-corrected chi connectivity index (χ2v) is 4.76. The first-order valence-electron chi connectivity index (χ1n) is 4.59. The van der Waals surface area contributed by atoms with Gasteiger partial charge in [-0.25, -0.2) is 4.98 Å². The van der Waals surface area contributed by atoms with E-state index in [0.29, 0.717) is 9.75 Å². The molecule has 0 amide bonds. The van der Waals surface area contributed by atoms with Gasteiger partial charge in [-0.3, -0.25) is 0 Å². The van der Waals surface area contributed by atoms with Crippen LogP contribution in [-0.4, -0.2) is 9.97 Å². The summed E-state index contributed by atoms with van der Waals surface area (Å²) in [5, 5.41) is 8.67. The van der Waals surface area contributed by atoms with Crippen LogP contribution in [0, 0.1) is 16.0 Å². The largest absolute Gasteiger partial charge is 0.449 e. The van der Waals surface area contributed by atoms with Crippen LogP contribution >= 0.6 is 23.6 Å². The molecule has 0 saturated heterocycles. The quantitative estimate of drug-likeness (QED) is 0.812. The Kier molecular flexibility index (Phi) is 3.19. The highest BCUT2D eigenvalue weighted by atomic mass is 32.1. The zero-order valence-electron chi connectivity index (χ0n) is 8.58. The highest BCUT2D eigenvalue weighted by Crippen LogP contribution is 2.30. The summed E-state index contributed by atoms with van der Waals surface area (Å²) in [4.78, 5) is 6.33. The van der Waals surface area contributed by atoms with Crippen molar-refractivity contribution in [3.05, 3.63) is 33.5 Å². The van der Waals surface area contributed by atoms with E-state index in [2.05, 4.69) is 9.97 Å². The van der Waals surface area contributed by atoms with Gasteiger partial charge in [0.1, 0.15) is 15.6 Å². The van der Waals surface area contributed by atoms with Crippen molar-refractivity contribution < 1.29 is 13.2 Å². The standard InChI is InChI=1S/C10H4F3N3S2/c11-10(12,13)9-15-6(3-8(17)16-9)7-2-1-5(4-14)18-7/h1-3H,(H,15,16,17). The molecule has 0 radical (unpaired) electrons. The first-order chi connectivity index (χ1) is 8.40. The summed E-state index contributed by atoms with van der Waals surface area (Å²) in [6, 6.07) is 6.34. The topological polar surface area (TPSA) is 52.5 Å². The predicted molar refractivity (Wildman–Crippen MR) is 62.5 cm³/mol. The Labute approximate surface area is 109 Å². The summed E-state index contributed by atoms with van der Waals surface area (Å²) < 4.78 is 37.5. The van der Waals surface area contributed by atoms with E-state index >= 15 is 0 Å². The molecule has 92 valence electrons. The molecule has 0 saturated carbocycles. The zero-order chi connectivity index (χ0) is 13.3. The SMILES string of the molecule is N#Cc1ccc(-c2cc(=S)nc(C(F)(F)F)[nH]2)s1. The summed E-state index contributed by atoms with van der Waals surface area (Å²) in [5.74, 6) is -1.14. The number of H-pyrrole nitrogens is 1. The van der Waals surface area contributed by atoms with Crippen molar-refractivity contribution in [3.63, 3.8) is 0 Å². The fourth-order valence-electron chi connectivity index (χ4n) is 1.27. The second kappa shape index (κ2) is 4.51. The van der Waals surface area contributed by atoms with E-state index in [-0.39, 0.29) is 10.3 Å². The van der Waals surface area contributed by atoms with Crippen LogP contribution in [0.15, 0.2) is 18.2 Å². The normalized spacial score (nSPS) is 11.2. The third-order valence-corrected chi connectivity index (χ3v) is 3.23. The number of nitriles is 1. The molecule has 2 aromatic heterocycles. The first kappa shape index (κ1) is 12.7. The third kappa shape index (κ3) is 2.57. The van der Waals surface area contributed by atoms with Crippen LogP contribution < -0.4 is 0 Å². The minimum atomic E-state index is -4.58. The summed E-state index contributed by atoms with van der Waals surface area (Å²) in [5.41, 5.74) is 0.203. The molecule has 8 heteroatoms. The number of nitrogens with zero attached hydrogens (tertiary/aromatic N) is 2. The number of hydrogen-bond donors (Lipinski definition) is 1.